The van der Waals surface area contributed by atoms with E-state index in [2.05, 4.69) is 4.90 Å². The maximum absolute atomic E-state index is 12.9. The third kappa shape index (κ3) is 2.44. The molecule has 2 fully saturated rings. The lowest BCUT2D eigenvalue weighted by molar-refractivity contribution is 0.172. The van der Waals surface area contributed by atoms with Crippen molar-refractivity contribution in [1.29, 1.82) is 0 Å². The number of hydrogen-bond acceptors (Lipinski definition) is 2. The summed E-state index contributed by atoms with van der Waals surface area (Å²) in [6.07, 6.45) is 4.14. The average Bonchev–Trinajstić information content (AvgIpc) is 2.91. The van der Waals surface area contributed by atoms with Crippen molar-refractivity contribution in [1.82, 2.24) is 4.90 Å². The summed E-state index contributed by atoms with van der Waals surface area (Å²) in [7, 11) is 0. The topological polar surface area (TPSA) is 12.5 Å². The number of fused-ring (bicyclic) bond motifs is 2. The summed E-state index contributed by atoms with van der Waals surface area (Å²) in [5.41, 5.74) is 0. The molecule has 3 heteroatoms. The van der Waals surface area contributed by atoms with Gasteiger partial charge in [-0.3, -0.25) is 4.90 Å². The second-order valence-electron chi connectivity index (χ2n) is 5.13. The molecule has 1 saturated heterocycles. The van der Waals surface area contributed by atoms with Gasteiger partial charge in [0, 0.05) is 25.2 Å². The number of piperidine rings is 1. The number of benzene rings is 1. The van der Waals surface area contributed by atoms with Crippen LogP contribution in [0.5, 0.6) is 5.75 Å². The van der Waals surface area contributed by atoms with E-state index in [-0.39, 0.29) is 5.82 Å². The van der Waals surface area contributed by atoms with Crippen molar-refractivity contribution in [3.63, 3.8) is 0 Å². The van der Waals surface area contributed by atoms with Crippen molar-refractivity contribution in [2.24, 2.45) is 5.92 Å². The molecule has 1 aromatic carbocycles. The van der Waals surface area contributed by atoms with E-state index in [0.717, 1.165) is 18.5 Å². The SMILES string of the molecule is Fc1cccc(OCCN2CC3CCC2C3)c1. The molecule has 2 nitrogen and oxygen atoms in total. The molecule has 1 aliphatic heterocycles. The Morgan fingerprint density at radius 2 is 2.29 bits per heavy atom. The highest BCUT2D eigenvalue weighted by atomic mass is 19.1. The van der Waals surface area contributed by atoms with Gasteiger partial charge in [-0.15, -0.1) is 0 Å². The molecule has 1 saturated carbocycles. The van der Waals surface area contributed by atoms with Crippen molar-refractivity contribution in [3.8, 4) is 5.75 Å². The molecule has 0 spiro atoms. The van der Waals surface area contributed by atoms with Crippen LogP contribution in [-0.4, -0.2) is 30.6 Å². The van der Waals surface area contributed by atoms with Crippen LogP contribution >= 0.6 is 0 Å². The molecule has 1 aromatic rings. The van der Waals surface area contributed by atoms with Gasteiger partial charge in [-0.1, -0.05) is 6.07 Å². The van der Waals surface area contributed by atoms with Crippen LogP contribution in [0.15, 0.2) is 24.3 Å². The van der Waals surface area contributed by atoms with Crippen LogP contribution in [0.25, 0.3) is 0 Å². The van der Waals surface area contributed by atoms with Gasteiger partial charge in [0.25, 0.3) is 0 Å². The summed E-state index contributed by atoms with van der Waals surface area (Å²) in [4.78, 5) is 2.52. The highest BCUT2D eigenvalue weighted by Gasteiger charge is 2.37. The molecule has 92 valence electrons. The summed E-state index contributed by atoms with van der Waals surface area (Å²) in [6.45, 7) is 2.86. The number of halogens is 1. The molecule has 2 bridgehead atoms. The molecule has 2 unspecified atom stereocenters. The van der Waals surface area contributed by atoms with Gasteiger partial charge in [-0.25, -0.2) is 4.39 Å². The molecule has 2 aliphatic rings. The lowest BCUT2D eigenvalue weighted by atomic mass is 10.1. The molecule has 0 amide bonds. The van der Waals surface area contributed by atoms with Crippen LogP contribution in [0.3, 0.4) is 0 Å². The van der Waals surface area contributed by atoms with Gasteiger partial charge in [-0.2, -0.15) is 0 Å². The molecule has 2 atom stereocenters. The van der Waals surface area contributed by atoms with Crippen LogP contribution in [0.1, 0.15) is 19.3 Å². The number of ether oxygens (including phenoxy) is 1. The molecule has 1 heterocycles. The maximum atomic E-state index is 12.9. The Kier molecular flexibility index (Phi) is 3.02. The summed E-state index contributed by atoms with van der Waals surface area (Å²) in [5, 5.41) is 0. The second kappa shape index (κ2) is 4.65. The minimum Gasteiger partial charge on any atom is -0.492 e. The Balaban J connectivity index is 1.46. The molecule has 0 radical (unpaired) electrons. The van der Waals surface area contributed by atoms with Gasteiger partial charge >= 0.3 is 0 Å². The zero-order valence-electron chi connectivity index (χ0n) is 9.94. The Morgan fingerprint density at radius 3 is 3.00 bits per heavy atom. The molecular weight excluding hydrogens is 217 g/mol. The first-order valence-electron chi connectivity index (χ1n) is 6.44. The number of rotatable bonds is 4. The molecule has 1 aliphatic carbocycles. The van der Waals surface area contributed by atoms with Crippen LogP contribution < -0.4 is 4.74 Å². The fourth-order valence-corrected chi connectivity index (χ4v) is 3.14. The Morgan fingerprint density at radius 1 is 1.35 bits per heavy atom. The Labute approximate surface area is 101 Å². The first-order chi connectivity index (χ1) is 8.31. The van der Waals surface area contributed by atoms with Gasteiger partial charge in [0.1, 0.15) is 18.2 Å². The highest BCUT2D eigenvalue weighted by molar-refractivity contribution is 5.22. The van der Waals surface area contributed by atoms with Crippen molar-refractivity contribution in [3.05, 3.63) is 30.1 Å². The van der Waals surface area contributed by atoms with Crippen LogP contribution in [0.2, 0.25) is 0 Å². The van der Waals surface area contributed by atoms with E-state index < -0.39 is 0 Å². The van der Waals surface area contributed by atoms with Gasteiger partial charge in [0.15, 0.2) is 0 Å². The standard InChI is InChI=1S/C14H18FNO/c15-12-2-1-3-14(9-12)17-7-6-16-10-11-4-5-13(16)8-11/h1-3,9,11,13H,4-8,10H2. The second-order valence-corrected chi connectivity index (χ2v) is 5.13. The minimum atomic E-state index is -0.234. The van der Waals surface area contributed by atoms with E-state index in [1.807, 2.05) is 0 Å². The Hall–Kier alpha value is -1.09. The fraction of sp³-hybridized carbons (Fsp3) is 0.571. The van der Waals surface area contributed by atoms with Crippen molar-refractivity contribution >= 4 is 0 Å². The predicted octanol–water partition coefficient (Wildman–Crippen LogP) is 2.69. The van der Waals surface area contributed by atoms with Crippen LogP contribution in [0.4, 0.5) is 4.39 Å². The lowest BCUT2D eigenvalue weighted by Crippen LogP contribution is -2.35. The van der Waals surface area contributed by atoms with Crippen molar-refractivity contribution in [2.45, 2.75) is 25.3 Å². The van der Waals surface area contributed by atoms with E-state index in [1.54, 1.807) is 12.1 Å². The van der Waals surface area contributed by atoms with Gasteiger partial charge in [-0.05, 0) is 37.3 Å². The lowest BCUT2D eigenvalue weighted by Gasteiger charge is -2.26. The van der Waals surface area contributed by atoms with Gasteiger partial charge < -0.3 is 4.74 Å². The monoisotopic (exact) mass is 235 g/mol. The predicted molar refractivity (Wildman–Crippen MR) is 64.6 cm³/mol. The Bertz CT molecular complexity index is 396. The molecule has 0 N–H and O–H groups in total. The maximum Gasteiger partial charge on any atom is 0.126 e. The number of likely N-dealkylation sites (tertiary alicyclic amines) is 1. The van der Waals surface area contributed by atoms with Crippen molar-refractivity contribution < 1.29 is 9.13 Å². The van der Waals surface area contributed by atoms with E-state index in [0.29, 0.717) is 12.4 Å². The minimum absolute atomic E-state index is 0.234. The number of hydrogen-bond donors (Lipinski definition) is 0. The highest BCUT2D eigenvalue weighted by Crippen LogP contribution is 2.36. The average molecular weight is 235 g/mol. The van der Waals surface area contributed by atoms with E-state index in [1.165, 1.54) is 37.9 Å². The molecule has 17 heavy (non-hydrogen) atoms. The van der Waals surface area contributed by atoms with E-state index >= 15 is 0 Å². The van der Waals surface area contributed by atoms with Crippen LogP contribution in [0, 0.1) is 11.7 Å². The summed E-state index contributed by atoms with van der Waals surface area (Å²) in [6, 6.07) is 7.15. The first kappa shape index (κ1) is 11.0. The zero-order chi connectivity index (χ0) is 11.7. The fourth-order valence-electron chi connectivity index (χ4n) is 3.14. The molecule has 3 rings (SSSR count). The first-order valence-corrected chi connectivity index (χ1v) is 6.44. The molecular formula is C14H18FNO. The van der Waals surface area contributed by atoms with Gasteiger partial charge in [0.05, 0.1) is 0 Å². The summed E-state index contributed by atoms with van der Waals surface area (Å²) < 4.78 is 18.5. The summed E-state index contributed by atoms with van der Waals surface area (Å²) >= 11 is 0. The van der Waals surface area contributed by atoms with Crippen molar-refractivity contribution in [2.75, 3.05) is 19.7 Å². The third-order valence-electron chi connectivity index (χ3n) is 3.97. The smallest absolute Gasteiger partial charge is 0.126 e. The third-order valence-corrected chi connectivity index (χ3v) is 3.97. The van der Waals surface area contributed by atoms with Gasteiger partial charge in [0.2, 0.25) is 0 Å². The normalized spacial score (nSPS) is 27.6. The summed E-state index contributed by atoms with van der Waals surface area (Å²) in [5.74, 6) is 1.33. The van der Waals surface area contributed by atoms with E-state index in [4.69, 9.17) is 4.74 Å². The largest absolute Gasteiger partial charge is 0.492 e. The zero-order valence-corrected chi connectivity index (χ0v) is 9.94. The van der Waals surface area contributed by atoms with E-state index in [9.17, 15) is 4.39 Å². The molecule has 0 aromatic heterocycles. The number of nitrogens with zero attached hydrogens (tertiary/aromatic N) is 1. The van der Waals surface area contributed by atoms with Crippen LogP contribution in [-0.2, 0) is 0 Å². The quantitative estimate of drug-likeness (QED) is 0.795.